The molecule has 80 valence electrons. The monoisotopic (exact) mass is 197 g/mol. The van der Waals surface area contributed by atoms with Gasteiger partial charge in [-0.25, -0.2) is 0 Å². The molecule has 4 heteroatoms. The standard InChI is InChI=1S/C10H19N3O/c1-8(5-11)4-9(14)13-7-10(2,3)6-12/h8H,4-5,7,11H2,1-3H3,(H,13,14). The quantitative estimate of drug-likeness (QED) is 0.678. The Hall–Kier alpha value is -1.08. The second-order valence-electron chi connectivity index (χ2n) is 4.32. The zero-order valence-electron chi connectivity index (χ0n) is 9.13. The van der Waals surface area contributed by atoms with Gasteiger partial charge in [-0.3, -0.25) is 4.79 Å². The molecule has 0 spiro atoms. The summed E-state index contributed by atoms with van der Waals surface area (Å²) in [6.07, 6.45) is 0.429. The zero-order valence-corrected chi connectivity index (χ0v) is 9.13. The van der Waals surface area contributed by atoms with E-state index in [0.29, 0.717) is 19.5 Å². The summed E-state index contributed by atoms with van der Waals surface area (Å²) in [4.78, 5) is 11.3. The van der Waals surface area contributed by atoms with Crippen molar-refractivity contribution in [1.29, 1.82) is 5.26 Å². The van der Waals surface area contributed by atoms with E-state index in [-0.39, 0.29) is 11.8 Å². The van der Waals surface area contributed by atoms with Crippen molar-refractivity contribution in [3.05, 3.63) is 0 Å². The van der Waals surface area contributed by atoms with Crippen LogP contribution in [0.2, 0.25) is 0 Å². The van der Waals surface area contributed by atoms with Gasteiger partial charge in [0.05, 0.1) is 11.5 Å². The molecule has 0 heterocycles. The number of carbonyl (C=O) groups is 1. The zero-order chi connectivity index (χ0) is 11.2. The van der Waals surface area contributed by atoms with Gasteiger partial charge in [-0.05, 0) is 26.3 Å². The van der Waals surface area contributed by atoms with Gasteiger partial charge >= 0.3 is 0 Å². The molecule has 0 aliphatic carbocycles. The molecule has 0 aromatic carbocycles. The third-order valence-electron chi connectivity index (χ3n) is 1.97. The van der Waals surface area contributed by atoms with Crippen LogP contribution in [0.3, 0.4) is 0 Å². The summed E-state index contributed by atoms with van der Waals surface area (Å²) in [5.41, 5.74) is 4.90. The molecule has 0 aromatic rings. The Balaban J connectivity index is 3.82. The lowest BCUT2D eigenvalue weighted by atomic mass is 9.96. The third-order valence-corrected chi connectivity index (χ3v) is 1.97. The maximum Gasteiger partial charge on any atom is 0.220 e. The summed E-state index contributed by atoms with van der Waals surface area (Å²) < 4.78 is 0. The molecule has 0 aromatic heterocycles. The smallest absolute Gasteiger partial charge is 0.220 e. The second kappa shape index (κ2) is 5.61. The van der Waals surface area contributed by atoms with E-state index in [1.807, 2.05) is 6.92 Å². The fourth-order valence-corrected chi connectivity index (χ4v) is 0.831. The van der Waals surface area contributed by atoms with Crippen LogP contribution < -0.4 is 11.1 Å². The summed E-state index contributed by atoms with van der Waals surface area (Å²) in [5, 5.41) is 11.4. The number of amides is 1. The molecule has 0 saturated heterocycles. The Morgan fingerprint density at radius 3 is 2.64 bits per heavy atom. The Kier molecular flexibility index (Phi) is 5.18. The van der Waals surface area contributed by atoms with Crippen LogP contribution in [0.5, 0.6) is 0 Å². The SMILES string of the molecule is CC(CN)CC(=O)NCC(C)(C)C#N. The van der Waals surface area contributed by atoms with Crippen LogP contribution in [0.4, 0.5) is 0 Å². The number of nitrogens with one attached hydrogen (secondary N) is 1. The number of hydrogen-bond donors (Lipinski definition) is 2. The van der Waals surface area contributed by atoms with Crippen molar-refractivity contribution in [3.8, 4) is 6.07 Å². The highest BCUT2D eigenvalue weighted by molar-refractivity contribution is 5.76. The number of rotatable bonds is 5. The highest BCUT2D eigenvalue weighted by Crippen LogP contribution is 2.10. The van der Waals surface area contributed by atoms with Crippen molar-refractivity contribution in [3.63, 3.8) is 0 Å². The van der Waals surface area contributed by atoms with E-state index in [1.165, 1.54) is 0 Å². The number of nitrogens with two attached hydrogens (primary N) is 1. The number of nitriles is 1. The average Bonchev–Trinajstić information content (AvgIpc) is 2.15. The van der Waals surface area contributed by atoms with Crippen LogP contribution >= 0.6 is 0 Å². The highest BCUT2D eigenvalue weighted by atomic mass is 16.1. The number of hydrogen-bond acceptors (Lipinski definition) is 3. The second-order valence-corrected chi connectivity index (χ2v) is 4.32. The highest BCUT2D eigenvalue weighted by Gasteiger charge is 2.17. The topological polar surface area (TPSA) is 78.9 Å². The van der Waals surface area contributed by atoms with Crippen LogP contribution in [0.1, 0.15) is 27.2 Å². The maximum atomic E-state index is 11.3. The summed E-state index contributed by atoms with van der Waals surface area (Å²) in [5.74, 6) is 0.159. The van der Waals surface area contributed by atoms with E-state index in [9.17, 15) is 4.79 Å². The van der Waals surface area contributed by atoms with Gasteiger partial charge < -0.3 is 11.1 Å². The molecule has 0 rings (SSSR count). The molecule has 0 aliphatic rings. The van der Waals surface area contributed by atoms with Crippen LogP contribution in [0, 0.1) is 22.7 Å². The minimum absolute atomic E-state index is 0.0359. The van der Waals surface area contributed by atoms with Gasteiger partial charge in [0.1, 0.15) is 0 Å². The molecular weight excluding hydrogens is 178 g/mol. The lowest BCUT2D eigenvalue weighted by Gasteiger charge is -2.16. The van der Waals surface area contributed by atoms with Crippen molar-refractivity contribution in [1.82, 2.24) is 5.32 Å². The van der Waals surface area contributed by atoms with E-state index >= 15 is 0 Å². The van der Waals surface area contributed by atoms with Gasteiger partial charge in [0.25, 0.3) is 0 Å². The van der Waals surface area contributed by atoms with Crippen LogP contribution in [-0.2, 0) is 4.79 Å². The van der Waals surface area contributed by atoms with Gasteiger partial charge in [0, 0.05) is 13.0 Å². The summed E-state index contributed by atoms with van der Waals surface area (Å²) in [6, 6.07) is 2.12. The van der Waals surface area contributed by atoms with E-state index in [1.54, 1.807) is 13.8 Å². The van der Waals surface area contributed by atoms with Gasteiger partial charge in [0.2, 0.25) is 5.91 Å². The molecule has 4 nitrogen and oxygen atoms in total. The lowest BCUT2D eigenvalue weighted by Crippen LogP contribution is -2.34. The molecule has 0 bridgehead atoms. The summed E-state index contributed by atoms with van der Waals surface area (Å²) in [7, 11) is 0. The Labute approximate surface area is 85.5 Å². The summed E-state index contributed by atoms with van der Waals surface area (Å²) >= 11 is 0. The van der Waals surface area contributed by atoms with E-state index in [2.05, 4.69) is 11.4 Å². The van der Waals surface area contributed by atoms with Crippen LogP contribution in [0.25, 0.3) is 0 Å². The van der Waals surface area contributed by atoms with Crippen molar-refractivity contribution < 1.29 is 4.79 Å². The van der Waals surface area contributed by atoms with Crippen LogP contribution in [0.15, 0.2) is 0 Å². The van der Waals surface area contributed by atoms with Crippen LogP contribution in [-0.4, -0.2) is 19.0 Å². The normalized spacial score (nSPS) is 13.1. The maximum absolute atomic E-state index is 11.3. The largest absolute Gasteiger partial charge is 0.355 e. The van der Waals surface area contributed by atoms with E-state index in [0.717, 1.165) is 0 Å². The molecule has 1 unspecified atom stereocenters. The predicted octanol–water partition coefficient (Wildman–Crippen LogP) is 0.637. The molecule has 1 atom stereocenters. The summed E-state index contributed by atoms with van der Waals surface area (Å²) in [6.45, 7) is 6.41. The molecule has 0 fully saturated rings. The minimum Gasteiger partial charge on any atom is -0.355 e. The van der Waals surface area contributed by atoms with Gasteiger partial charge in [-0.2, -0.15) is 5.26 Å². The first-order chi connectivity index (χ1) is 6.41. The number of nitrogens with zero attached hydrogens (tertiary/aromatic N) is 1. The Morgan fingerprint density at radius 1 is 1.64 bits per heavy atom. The molecular formula is C10H19N3O. The Bertz CT molecular complexity index is 230. The average molecular weight is 197 g/mol. The molecule has 0 saturated carbocycles. The van der Waals surface area contributed by atoms with Crippen molar-refractivity contribution in [2.24, 2.45) is 17.1 Å². The fraction of sp³-hybridized carbons (Fsp3) is 0.800. The minimum atomic E-state index is -0.498. The van der Waals surface area contributed by atoms with E-state index in [4.69, 9.17) is 11.0 Å². The molecule has 3 N–H and O–H groups in total. The molecule has 0 radical (unpaired) electrons. The fourth-order valence-electron chi connectivity index (χ4n) is 0.831. The van der Waals surface area contributed by atoms with Gasteiger partial charge in [-0.15, -0.1) is 0 Å². The number of carbonyl (C=O) groups excluding carboxylic acids is 1. The first-order valence-corrected chi connectivity index (χ1v) is 4.79. The van der Waals surface area contributed by atoms with Gasteiger partial charge in [-0.1, -0.05) is 6.92 Å². The third kappa shape index (κ3) is 5.55. The van der Waals surface area contributed by atoms with Crippen molar-refractivity contribution in [2.75, 3.05) is 13.1 Å². The lowest BCUT2D eigenvalue weighted by molar-refractivity contribution is -0.122. The molecule has 1 amide bonds. The molecule has 14 heavy (non-hydrogen) atoms. The van der Waals surface area contributed by atoms with Crippen molar-refractivity contribution >= 4 is 5.91 Å². The Morgan fingerprint density at radius 2 is 2.21 bits per heavy atom. The first-order valence-electron chi connectivity index (χ1n) is 4.79. The van der Waals surface area contributed by atoms with Gasteiger partial charge in [0.15, 0.2) is 0 Å². The molecule has 0 aliphatic heterocycles. The predicted molar refractivity (Wildman–Crippen MR) is 55.2 cm³/mol. The van der Waals surface area contributed by atoms with Crippen molar-refractivity contribution in [2.45, 2.75) is 27.2 Å². The first kappa shape index (κ1) is 12.9. The van der Waals surface area contributed by atoms with E-state index < -0.39 is 5.41 Å².